The summed E-state index contributed by atoms with van der Waals surface area (Å²) in [4.78, 5) is 0. The van der Waals surface area contributed by atoms with Gasteiger partial charge in [-0.05, 0) is 28.5 Å². The molecule has 2 rings (SSSR count). The number of anilines is 1. The van der Waals surface area contributed by atoms with Crippen molar-refractivity contribution >= 4 is 5.69 Å². The van der Waals surface area contributed by atoms with Gasteiger partial charge in [0.25, 0.3) is 0 Å². The molecule has 0 saturated heterocycles. The van der Waals surface area contributed by atoms with E-state index in [0.717, 1.165) is 0 Å². The monoisotopic (exact) mass is 261 g/mol. The van der Waals surface area contributed by atoms with E-state index >= 15 is 0 Å². The molecule has 1 aromatic rings. The molecule has 0 bridgehead atoms. The summed E-state index contributed by atoms with van der Waals surface area (Å²) in [5, 5.41) is 3.52. The first kappa shape index (κ1) is 16.9. The van der Waals surface area contributed by atoms with Crippen molar-refractivity contribution in [1.82, 2.24) is 0 Å². The average molecular weight is 261 g/mol. The van der Waals surface area contributed by atoms with Gasteiger partial charge in [-0.1, -0.05) is 70.2 Å². The van der Waals surface area contributed by atoms with E-state index in [2.05, 4.69) is 81.7 Å². The van der Waals surface area contributed by atoms with Crippen LogP contribution < -0.4 is 24.2 Å². The van der Waals surface area contributed by atoms with Crippen LogP contribution in [-0.4, -0.2) is 0 Å². The minimum atomic E-state index is 0. The third-order valence-corrected chi connectivity index (χ3v) is 3.44. The molecule has 0 fully saturated rings. The van der Waals surface area contributed by atoms with Crippen LogP contribution in [-0.2, 0) is 0 Å². The Balaban J connectivity index is 0.00000200. The van der Waals surface area contributed by atoms with Gasteiger partial charge in [-0.25, -0.2) is 0 Å². The summed E-state index contributed by atoms with van der Waals surface area (Å²) in [6, 6.07) is 6.60. The molecule has 0 atom stereocenters. The second-order valence-electron chi connectivity index (χ2n) is 5.63. The summed E-state index contributed by atoms with van der Waals surface area (Å²) >= 11 is 0. The quantitative estimate of drug-likeness (QED) is 0.821. The van der Waals surface area contributed by atoms with E-state index in [1.807, 2.05) is 0 Å². The molecule has 1 aromatic carbocycles. The Labute approximate surface area is 136 Å². The molecular weight excluding hydrogens is 237 g/mol. The van der Waals surface area contributed by atoms with E-state index in [1.54, 1.807) is 0 Å². The summed E-state index contributed by atoms with van der Waals surface area (Å²) < 4.78 is 0. The minimum absolute atomic E-state index is 0. The van der Waals surface area contributed by atoms with Crippen LogP contribution in [0.3, 0.4) is 0 Å². The molecule has 2 heteroatoms. The summed E-state index contributed by atoms with van der Waals surface area (Å²) in [5.41, 5.74) is 5.25. The van der Waals surface area contributed by atoms with Crippen LogP contribution in [0.2, 0.25) is 0 Å². The molecule has 102 valence electrons. The average Bonchev–Trinajstić information content (AvgIpc) is 2.88. The number of rotatable bonds is 4. The summed E-state index contributed by atoms with van der Waals surface area (Å²) in [6.07, 6.45) is 10.4. The van der Waals surface area contributed by atoms with Gasteiger partial charge in [0, 0.05) is 11.9 Å². The first-order valence-electron chi connectivity index (χ1n) is 7.04. The topological polar surface area (TPSA) is 12.0 Å². The van der Waals surface area contributed by atoms with Crippen molar-refractivity contribution in [3.05, 3.63) is 65.4 Å². The molecule has 1 nitrogen and oxygen atoms in total. The number of hydrogen-bond donors (Lipinski definition) is 1. The third kappa shape index (κ3) is 3.92. The Kier molecular flexibility index (Phi) is 6.40. The fourth-order valence-corrected chi connectivity index (χ4v) is 2.36. The van der Waals surface area contributed by atoms with Crippen molar-refractivity contribution in [2.24, 2.45) is 0 Å². The maximum absolute atomic E-state index is 3.52. The molecule has 1 aliphatic carbocycles. The van der Waals surface area contributed by atoms with E-state index in [0.29, 0.717) is 11.8 Å². The molecule has 1 N–H and O–H groups in total. The Morgan fingerprint density at radius 3 is 1.90 bits per heavy atom. The van der Waals surface area contributed by atoms with Crippen LogP contribution in [0.15, 0.2) is 54.3 Å². The zero-order valence-electron chi connectivity index (χ0n) is 14.3. The molecule has 0 spiro atoms. The predicted molar refractivity (Wildman–Crippen MR) is 85.7 cm³/mol. The van der Waals surface area contributed by atoms with Crippen molar-refractivity contribution in [3.63, 3.8) is 0 Å². The van der Waals surface area contributed by atoms with E-state index in [1.165, 1.54) is 22.4 Å². The van der Waals surface area contributed by atoms with E-state index < -0.39 is 0 Å². The Morgan fingerprint density at radius 2 is 1.45 bits per heavy atom. The van der Waals surface area contributed by atoms with Crippen molar-refractivity contribution in [2.75, 3.05) is 5.32 Å². The Bertz CT molecular complexity index is 502. The van der Waals surface area contributed by atoms with Crippen LogP contribution in [0.25, 0.3) is 0 Å². The van der Waals surface area contributed by atoms with Crippen molar-refractivity contribution in [1.29, 1.82) is 0 Å². The van der Waals surface area contributed by atoms with Crippen molar-refractivity contribution in [3.8, 4) is 0 Å². The molecular formula is C18H24LiN. The minimum Gasteiger partial charge on any atom is -1.00 e. The van der Waals surface area contributed by atoms with Crippen LogP contribution >= 0.6 is 0 Å². The molecule has 0 aromatic heterocycles. The van der Waals surface area contributed by atoms with Gasteiger partial charge in [0.1, 0.15) is 0 Å². The number of benzene rings is 1. The molecule has 1 aliphatic rings. The van der Waals surface area contributed by atoms with E-state index in [-0.39, 0.29) is 20.3 Å². The van der Waals surface area contributed by atoms with Gasteiger partial charge in [-0.15, -0.1) is 0 Å². The molecule has 0 radical (unpaired) electrons. The van der Waals surface area contributed by atoms with Gasteiger partial charge >= 0.3 is 18.9 Å². The first-order chi connectivity index (χ1) is 9.09. The van der Waals surface area contributed by atoms with Crippen molar-refractivity contribution in [2.45, 2.75) is 39.5 Å². The van der Waals surface area contributed by atoms with Crippen LogP contribution in [0.4, 0.5) is 5.69 Å². The molecule has 0 heterocycles. The SMILES string of the molecule is CC(C)c1cccc(C(C)C)c1NC=C1C=CC=C1.[H-].[Li+]. The zero-order valence-corrected chi connectivity index (χ0v) is 13.3. The molecule has 20 heavy (non-hydrogen) atoms. The normalized spacial score (nSPS) is 13.0. The van der Waals surface area contributed by atoms with E-state index in [9.17, 15) is 0 Å². The fraction of sp³-hybridized carbons (Fsp3) is 0.333. The zero-order chi connectivity index (χ0) is 13.8. The maximum Gasteiger partial charge on any atom is 1.00 e. The third-order valence-electron chi connectivity index (χ3n) is 3.44. The van der Waals surface area contributed by atoms with E-state index in [4.69, 9.17) is 0 Å². The Hall–Kier alpha value is -1.16. The molecule has 0 aliphatic heterocycles. The largest absolute Gasteiger partial charge is 1.00 e. The van der Waals surface area contributed by atoms with Crippen LogP contribution in [0, 0.1) is 0 Å². The fourth-order valence-electron chi connectivity index (χ4n) is 2.36. The molecule has 0 unspecified atom stereocenters. The number of hydrogen-bond acceptors (Lipinski definition) is 1. The summed E-state index contributed by atoms with van der Waals surface area (Å²) in [6.45, 7) is 8.97. The number of nitrogens with one attached hydrogen (secondary N) is 1. The van der Waals surface area contributed by atoms with Crippen LogP contribution in [0.5, 0.6) is 0 Å². The van der Waals surface area contributed by atoms with Gasteiger partial charge in [0.2, 0.25) is 0 Å². The number of para-hydroxylation sites is 1. The Morgan fingerprint density at radius 1 is 0.950 bits per heavy atom. The van der Waals surface area contributed by atoms with Gasteiger partial charge in [-0.2, -0.15) is 0 Å². The molecule has 0 amide bonds. The van der Waals surface area contributed by atoms with Gasteiger partial charge in [0.15, 0.2) is 0 Å². The van der Waals surface area contributed by atoms with Gasteiger partial charge in [0.05, 0.1) is 0 Å². The smallest absolute Gasteiger partial charge is 1.00 e. The van der Waals surface area contributed by atoms with Crippen LogP contribution in [0.1, 0.15) is 52.1 Å². The van der Waals surface area contributed by atoms with Gasteiger partial charge in [-0.3, -0.25) is 0 Å². The second kappa shape index (κ2) is 7.58. The first-order valence-corrected chi connectivity index (χ1v) is 7.04. The maximum atomic E-state index is 3.52. The molecule has 0 saturated carbocycles. The summed E-state index contributed by atoms with van der Waals surface area (Å²) in [7, 11) is 0. The summed E-state index contributed by atoms with van der Waals surface area (Å²) in [5.74, 6) is 1.04. The predicted octanol–water partition coefficient (Wildman–Crippen LogP) is 2.47. The number of allylic oxidation sites excluding steroid dienone is 5. The van der Waals surface area contributed by atoms with Crippen molar-refractivity contribution < 1.29 is 20.3 Å². The second-order valence-corrected chi connectivity index (χ2v) is 5.63. The van der Waals surface area contributed by atoms with Gasteiger partial charge < -0.3 is 6.74 Å². The standard InChI is InChI=1S/C18H23N.Li.H/c1-13(2)16-10-7-11-17(14(3)4)18(16)19-12-15-8-5-6-9-15;;/h5-14,19H,1-4H3;;/q;+1;-1.